The third kappa shape index (κ3) is 2.79. The molecule has 1 aliphatic heterocycles. The highest BCUT2D eigenvalue weighted by atomic mass is 79.9. The summed E-state index contributed by atoms with van der Waals surface area (Å²) in [5.41, 5.74) is 4.77. The number of hydrogen-bond acceptors (Lipinski definition) is 1. The molecule has 0 unspecified atom stereocenters. The highest BCUT2D eigenvalue weighted by molar-refractivity contribution is 9.10. The number of aromatic amines is 1. The van der Waals surface area contributed by atoms with Crippen molar-refractivity contribution in [2.45, 2.75) is 19.4 Å². The Bertz CT molecular complexity index is 867. The predicted octanol–water partition coefficient (Wildman–Crippen LogP) is 4.06. The van der Waals surface area contributed by atoms with Gasteiger partial charge in [0.2, 0.25) is 5.91 Å². The molecular weight excluding hydrogens is 352 g/mol. The fourth-order valence-corrected chi connectivity index (χ4v) is 3.56. The van der Waals surface area contributed by atoms with E-state index in [0.29, 0.717) is 13.0 Å². The number of nitrogens with zero attached hydrogens (tertiary/aromatic N) is 1. The Balaban J connectivity index is 1.53. The number of benzene rings is 2. The maximum Gasteiger partial charge on any atom is 0.227 e. The van der Waals surface area contributed by atoms with Crippen LogP contribution in [0.3, 0.4) is 0 Å². The van der Waals surface area contributed by atoms with Gasteiger partial charge in [0.05, 0.1) is 13.0 Å². The lowest BCUT2D eigenvalue weighted by molar-refractivity contribution is -0.131. The van der Waals surface area contributed by atoms with Crippen molar-refractivity contribution >= 4 is 32.7 Å². The maximum atomic E-state index is 12.6. The molecule has 0 saturated heterocycles. The van der Waals surface area contributed by atoms with E-state index in [-0.39, 0.29) is 5.91 Å². The first-order chi connectivity index (χ1) is 11.2. The van der Waals surface area contributed by atoms with Gasteiger partial charge in [-0.1, -0.05) is 46.3 Å². The number of nitrogens with one attached hydrogen (secondary N) is 1. The van der Waals surface area contributed by atoms with E-state index in [1.54, 1.807) is 0 Å². The van der Waals surface area contributed by atoms with Gasteiger partial charge >= 0.3 is 0 Å². The highest BCUT2D eigenvalue weighted by Crippen LogP contribution is 2.27. The van der Waals surface area contributed by atoms with E-state index < -0.39 is 0 Å². The van der Waals surface area contributed by atoms with Gasteiger partial charge in [0.25, 0.3) is 0 Å². The zero-order chi connectivity index (χ0) is 15.8. The number of fused-ring (bicyclic) bond motifs is 3. The number of H-pyrrole nitrogens is 1. The fourth-order valence-electron chi connectivity index (χ4n) is 3.29. The van der Waals surface area contributed by atoms with E-state index in [0.717, 1.165) is 23.0 Å². The molecule has 23 heavy (non-hydrogen) atoms. The topological polar surface area (TPSA) is 36.1 Å². The average Bonchev–Trinajstić information content (AvgIpc) is 2.94. The summed E-state index contributed by atoms with van der Waals surface area (Å²) in [6, 6.07) is 16.3. The van der Waals surface area contributed by atoms with Crippen LogP contribution < -0.4 is 0 Å². The minimum atomic E-state index is 0.191. The molecule has 0 spiro atoms. The molecule has 116 valence electrons. The summed E-state index contributed by atoms with van der Waals surface area (Å²) < 4.78 is 1.04. The molecule has 0 atom stereocenters. The number of carbonyl (C=O) groups excluding carboxylic acids is 1. The molecule has 3 aromatic rings. The largest absolute Gasteiger partial charge is 0.357 e. The van der Waals surface area contributed by atoms with Gasteiger partial charge in [-0.15, -0.1) is 0 Å². The monoisotopic (exact) mass is 368 g/mol. The molecule has 0 aliphatic carbocycles. The predicted molar refractivity (Wildman–Crippen MR) is 95.3 cm³/mol. The van der Waals surface area contributed by atoms with Gasteiger partial charge in [-0.05, 0) is 35.7 Å². The normalized spacial score (nSPS) is 14.0. The van der Waals surface area contributed by atoms with Gasteiger partial charge in [-0.3, -0.25) is 4.79 Å². The van der Waals surface area contributed by atoms with Crippen LogP contribution in [0.2, 0.25) is 0 Å². The number of hydrogen-bond donors (Lipinski definition) is 1. The minimum Gasteiger partial charge on any atom is -0.357 e. The lowest BCUT2D eigenvalue weighted by Gasteiger charge is -2.27. The summed E-state index contributed by atoms with van der Waals surface area (Å²) in [7, 11) is 0. The lowest BCUT2D eigenvalue weighted by Crippen LogP contribution is -2.36. The van der Waals surface area contributed by atoms with E-state index in [4.69, 9.17) is 0 Å². The summed E-state index contributed by atoms with van der Waals surface area (Å²) in [6.45, 7) is 1.48. The number of amides is 1. The Morgan fingerprint density at radius 2 is 1.91 bits per heavy atom. The van der Waals surface area contributed by atoms with Crippen molar-refractivity contribution in [3.63, 3.8) is 0 Å². The molecule has 3 nitrogen and oxygen atoms in total. The van der Waals surface area contributed by atoms with Gasteiger partial charge < -0.3 is 9.88 Å². The molecule has 4 rings (SSSR count). The van der Waals surface area contributed by atoms with Gasteiger partial charge in [0.1, 0.15) is 0 Å². The Morgan fingerprint density at radius 1 is 1.13 bits per heavy atom. The molecule has 2 aromatic carbocycles. The number of carbonyl (C=O) groups is 1. The molecule has 0 radical (unpaired) electrons. The minimum absolute atomic E-state index is 0.191. The molecule has 0 saturated carbocycles. The van der Waals surface area contributed by atoms with Crippen molar-refractivity contribution in [3.05, 3.63) is 69.8 Å². The van der Waals surface area contributed by atoms with Crippen LogP contribution in [0.25, 0.3) is 10.9 Å². The summed E-state index contributed by atoms with van der Waals surface area (Å²) >= 11 is 3.42. The van der Waals surface area contributed by atoms with Crippen molar-refractivity contribution in [2.24, 2.45) is 0 Å². The van der Waals surface area contributed by atoms with Crippen LogP contribution in [0.4, 0.5) is 0 Å². The van der Waals surface area contributed by atoms with Crippen LogP contribution in [-0.4, -0.2) is 22.3 Å². The average molecular weight is 369 g/mol. The number of halogens is 1. The van der Waals surface area contributed by atoms with Crippen molar-refractivity contribution in [1.29, 1.82) is 0 Å². The fraction of sp³-hybridized carbons (Fsp3) is 0.211. The molecule has 1 aliphatic rings. The quantitative estimate of drug-likeness (QED) is 0.727. The van der Waals surface area contributed by atoms with Crippen LogP contribution in [0.5, 0.6) is 0 Å². The van der Waals surface area contributed by atoms with Crippen molar-refractivity contribution in [1.82, 2.24) is 9.88 Å². The first-order valence-corrected chi connectivity index (χ1v) is 8.61. The Morgan fingerprint density at radius 3 is 2.74 bits per heavy atom. The van der Waals surface area contributed by atoms with Crippen LogP contribution in [0.15, 0.2) is 53.0 Å². The van der Waals surface area contributed by atoms with Gasteiger partial charge in [-0.2, -0.15) is 0 Å². The summed E-state index contributed by atoms with van der Waals surface area (Å²) in [5.74, 6) is 0.191. The summed E-state index contributed by atoms with van der Waals surface area (Å²) in [6.07, 6.45) is 1.38. The van der Waals surface area contributed by atoms with E-state index >= 15 is 0 Å². The molecular formula is C19H17BrN2O. The van der Waals surface area contributed by atoms with Crippen molar-refractivity contribution in [2.75, 3.05) is 6.54 Å². The maximum absolute atomic E-state index is 12.6. The van der Waals surface area contributed by atoms with Crippen molar-refractivity contribution < 1.29 is 4.79 Å². The second-order valence-electron chi connectivity index (χ2n) is 6.00. The second-order valence-corrected chi connectivity index (χ2v) is 6.91. The van der Waals surface area contributed by atoms with Crippen LogP contribution >= 0.6 is 15.9 Å². The SMILES string of the molecule is O=C(Cc1ccc(Br)cc1)N1CCc2c([nH]c3ccccc23)C1. The summed E-state index contributed by atoms with van der Waals surface area (Å²) in [4.78, 5) is 18.0. The van der Waals surface area contributed by atoms with Gasteiger partial charge in [0, 0.05) is 27.6 Å². The molecule has 0 bridgehead atoms. The van der Waals surface area contributed by atoms with Crippen molar-refractivity contribution in [3.8, 4) is 0 Å². The molecule has 1 aromatic heterocycles. The number of para-hydroxylation sites is 1. The van der Waals surface area contributed by atoms with Crippen LogP contribution in [0, 0.1) is 0 Å². The first kappa shape index (κ1) is 14.5. The van der Waals surface area contributed by atoms with E-state index in [1.807, 2.05) is 35.2 Å². The molecule has 4 heteroatoms. The smallest absolute Gasteiger partial charge is 0.227 e. The van der Waals surface area contributed by atoms with Crippen LogP contribution in [-0.2, 0) is 24.2 Å². The Hall–Kier alpha value is -2.07. The van der Waals surface area contributed by atoms with E-state index in [1.165, 1.54) is 22.2 Å². The third-order valence-corrected chi connectivity index (χ3v) is 5.03. The number of rotatable bonds is 2. The van der Waals surface area contributed by atoms with E-state index in [9.17, 15) is 4.79 Å². The molecule has 1 amide bonds. The zero-order valence-electron chi connectivity index (χ0n) is 12.7. The standard InChI is InChI=1S/C19H17BrN2O/c20-14-7-5-13(6-8-14)11-19(23)22-10-9-16-15-3-1-2-4-17(15)21-18(16)12-22/h1-8,21H,9-12H2. The highest BCUT2D eigenvalue weighted by Gasteiger charge is 2.23. The van der Waals surface area contributed by atoms with Crippen LogP contribution in [0.1, 0.15) is 16.8 Å². The van der Waals surface area contributed by atoms with Gasteiger partial charge in [-0.25, -0.2) is 0 Å². The molecule has 0 fully saturated rings. The molecule has 1 N–H and O–H groups in total. The first-order valence-electron chi connectivity index (χ1n) is 7.81. The molecule has 2 heterocycles. The zero-order valence-corrected chi connectivity index (χ0v) is 14.3. The Kier molecular flexibility index (Phi) is 3.69. The second kappa shape index (κ2) is 5.85. The van der Waals surface area contributed by atoms with E-state index in [2.05, 4.69) is 39.1 Å². The number of aromatic nitrogens is 1. The Labute approximate surface area is 143 Å². The summed E-state index contributed by atoms with van der Waals surface area (Å²) in [5, 5.41) is 1.29. The lowest BCUT2D eigenvalue weighted by atomic mass is 10.0. The third-order valence-electron chi connectivity index (χ3n) is 4.50. The van der Waals surface area contributed by atoms with Gasteiger partial charge in [0.15, 0.2) is 0 Å².